The first-order valence-electron chi connectivity index (χ1n) is 10.2. The van der Waals surface area contributed by atoms with Gasteiger partial charge in [-0.25, -0.2) is 0 Å². The molecule has 7 nitrogen and oxygen atoms in total. The van der Waals surface area contributed by atoms with E-state index in [9.17, 15) is 5.11 Å². The van der Waals surface area contributed by atoms with Crippen molar-refractivity contribution >= 4 is 29.9 Å². The number of benzene rings is 1. The van der Waals surface area contributed by atoms with Crippen molar-refractivity contribution in [3.8, 4) is 0 Å². The van der Waals surface area contributed by atoms with E-state index in [0.717, 1.165) is 71.3 Å². The average Bonchev–Trinajstić information content (AvgIpc) is 3.18. The summed E-state index contributed by atoms with van der Waals surface area (Å²) in [4.78, 5) is 6.77. The van der Waals surface area contributed by atoms with Gasteiger partial charge in [0.25, 0.3) is 0 Å². The predicted molar refractivity (Wildman–Crippen MR) is 126 cm³/mol. The van der Waals surface area contributed by atoms with Gasteiger partial charge in [0.15, 0.2) is 5.96 Å². The lowest BCUT2D eigenvalue weighted by atomic mass is 9.84. The third-order valence-electron chi connectivity index (χ3n) is 5.64. The minimum atomic E-state index is 0. The second-order valence-electron chi connectivity index (χ2n) is 7.76. The molecule has 2 heterocycles. The van der Waals surface area contributed by atoms with Gasteiger partial charge >= 0.3 is 0 Å². The Morgan fingerprint density at radius 2 is 1.97 bits per heavy atom. The van der Waals surface area contributed by atoms with Gasteiger partial charge in [0.2, 0.25) is 0 Å². The summed E-state index contributed by atoms with van der Waals surface area (Å²) in [6, 6.07) is 8.70. The van der Waals surface area contributed by atoms with Crippen LogP contribution >= 0.6 is 24.0 Å². The lowest BCUT2D eigenvalue weighted by Gasteiger charge is -2.28. The Balaban J connectivity index is 0.00000300. The molecule has 29 heavy (non-hydrogen) atoms. The fourth-order valence-electron chi connectivity index (χ4n) is 3.84. The number of morpholine rings is 1. The lowest BCUT2D eigenvalue weighted by Crippen LogP contribution is -2.44. The quantitative estimate of drug-likeness (QED) is 0.276. The number of ether oxygens (including phenoxy) is 2. The van der Waals surface area contributed by atoms with Crippen LogP contribution in [0.5, 0.6) is 0 Å². The van der Waals surface area contributed by atoms with Crippen LogP contribution in [0.2, 0.25) is 0 Å². The number of hydrogen-bond donors (Lipinski definition) is 3. The van der Waals surface area contributed by atoms with Gasteiger partial charge in [-0.15, -0.1) is 24.0 Å². The molecule has 1 aromatic rings. The Morgan fingerprint density at radius 1 is 1.17 bits per heavy atom. The Morgan fingerprint density at radius 3 is 2.66 bits per heavy atom. The fraction of sp³-hybridized carbons (Fsp3) is 0.667. The molecule has 2 saturated heterocycles. The zero-order valence-electron chi connectivity index (χ0n) is 17.4. The van der Waals surface area contributed by atoms with E-state index in [1.165, 1.54) is 11.1 Å². The maximum Gasteiger partial charge on any atom is 0.191 e. The van der Waals surface area contributed by atoms with Crippen LogP contribution in [0.4, 0.5) is 0 Å². The van der Waals surface area contributed by atoms with Crippen LogP contribution < -0.4 is 10.6 Å². The van der Waals surface area contributed by atoms with E-state index in [2.05, 4.69) is 44.8 Å². The van der Waals surface area contributed by atoms with Gasteiger partial charge < -0.3 is 25.2 Å². The van der Waals surface area contributed by atoms with Gasteiger partial charge in [-0.3, -0.25) is 9.89 Å². The molecule has 0 aromatic heterocycles. The molecule has 0 spiro atoms. The zero-order chi connectivity index (χ0) is 19.7. The number of aliphatic imine (C=N–C) groups is 1. The molecule has 3 rings (SSSR count). The molecule has 3 N–H and O–H groups in total. The minimum absolute atomic E-state index is 0. The van der Waals surface area contributed by atoms with Crippen LogP contribution in [0.25, 0.3) is 0 Å². The number of rotatable bonds is 8. The molecule has 2 aliphatic rings. The summed E-state index contributed by atoms with van der Waals surface area (Å²) in [6.45, 7) is 7.74. The second-order valence-corrected chi connectivity index (χ2v) is 7.76. The van der Waals surface area contributed by atoms with E-state index in [4.69, 9.17) is 9.47 Å². The highest BCUT2D eigenvalue weighted by Gasteiger charge is 2.34. The van der Waals surface area contributed by atoms with Gasteiger partial charge in [0, 0.05) is 58.4 Å². The van der Waals surface area contributed by atoms with Crippen molar-refractivity contribution in [1.82, 2.24) is 15.5 Å². The molecular formula is C21H35IN4O3. The zero-order valence-corrected chi connectivity index (χ0v) is 19.7. The molecule has 8 heteroatoms. The van der Waals surface area contributed by atoms with Crippen LogP contribution in [0.15, 0.2) is 29.3 Å². The molecule has 0 bridgehead atoms. The number of aliphatic hydroxyl groups excluding tert-OH is 1. The van der Waals surface area contributed by atoms with Crippen molar-refractivity contribution in [3.63, 3.8) is 0 Å². The van der Waals surface area contributed by atoms with Crippen LogP contribution in [-0.2, 0) is 22.6 Å². The summed E-state index contributed by atoms with van der Waals surface area (Å²) in [6.07, 6.45) is 1.72. The highest BCUT2D eigenvalue weighted by molar-refractivity contribution is 14.0. The summed E-state index contributed by atoms with van der Waals surface area (Å²) in [5.74, 6) is 0.780. The summed E-state index contributed by atoms with van der Waals surface area (Å²) in [7, 11) is 1.79. The van der Waals surface area contributed by atoms with E-state index in [-0.39, 0.29) is 36.0 Å². The standard InChI is InChI=1S/C21H34N4O3.HI/c1-22-20(24-16-21(5-9-26)6-10-28-17-21)23-14-18-3-2-4-19(13-18)15-25-7-11-27-12-8-25;/h2-4,13,26H,5-12,14-17H2,1H3,(H2,22,23,24);1H. The van der Waals surface area contributed by atoms with Crippen molar-refractivity contribution in [2.75, 3.05) is 59.7 Å². The van der Waals surface area contributed by atoms with Crippen LogP contribution in [0, 0.1) is 5.41 Å². The Labute approximate surface area is 191 Å². The first-order valence-corrected chi connectivity index (χ1v) is 10.2. The van der Waals surface area contributed by atoms with E-state index < -0.39 is 0 Å². The summed E-state index contributed by atoms with van der Waals surface area (Å²) < 4.78 is 11.0. The van der Waals surface area contributed by atoms with Gasteiger partial charge in [-0.05, 0) is 24.0 Å². The van der Waals surface area contributed by atoms with Gasteiger partial charge in [0.05, 0.1) is 19.8 Å². The predicted octanol–water partition coefficient (Wildman–Crippen LogP) is 1.59. The number of nitrogens with one attached hydrogen (secondary N) is 2. The van der Waals surface area contributed by atoms with Gasteiger partial charge in [-0.2, -0.15) is 0 Å². The van der Waals surface area contributed by atoms with Crippen molar-refractivity contribution < 1.29 is 14.6 Å². The molecule has 0 saturated carbocycles. The topological polar surface area (TPSA) is 78.4 Å². The number of guanidine groups is 1. The fourth-order valence-corrected chi connectivity index (χ4v) is 3.84. The Bertz CT molecular complexity index is 632. The monoisotopic (exact) mass is 518 g/mol. The van der Waals surface area contributed by atoms with E-state index >= 15 is 0 Å². The SMILES string of the molecule is CN=C(NCc1cccc(CN2CCOCC2)c1)NCC1(CCO)CCOC1.I. The molecule has 1 unspecified atom stereocenters. The highest BCUT2D eigenvalue weighted by Crippen LogP contribution is 2.31. The van der Waals surface area contributed by atoms with Crippen molar-refractivity contribution in [1.29, 1.82) is 0 Å². The minimum Gasteiger partial charge on any atom is -0.396 e. The first-order chi connectivity index (χ1) is 13.7. The first kappa shape index (κ1) is 24.3. The maximum absolute atomic E-state index is 9.37. The molecule has 1 aromatic carbocycles. The van der Waals surface area contributed by atoms with Crippen molar-refractivity contribution in [2.24, 2.45) is 10.4 Å². The van der Waals surface area contributed by atoms with E-state index in [1.807, 2.05) is 0 Å². The van der Waals surface area contributed by atoms with Gasteiger partial charge in [-0.1, -0.05) is 24.3 Å². The lowest BCUT2D eigenvalue weighted by molar-refractivity contribution is 0.0342. The largest absolute Gasteiger partial charge is 0.396 e. The molecule has 0 amide bonds. The van der Waals surface area contributed by atoms with E-state index in [1.54, 1.807) is 7.05 Å². The molecule has 0 radical (unpaired) electrons. The normalized spacial score (nSPS) is 22.9. The van der Waals surface area contributed by atoms with Gasteiger partial charge in [0.1, 0.15) is 0 Å². The number of aliphatic hydroxyl groups is 1. The average molecular weight is 518 g/mol. The Hall–Kier alpha value is -0.940. The summed E-state index contributed by atoms with van der Waals surface area (Å²) in [5.41, 5.74) is 2.57. The van der Waals surface area contributed by atoms with Crippen molar-refractivity contribution in [3.05, 3.63) is 35.4 Å². The smallest absolute Gasteiger partial charge is 0.191 e. The van der Waals surface area contributed by atoms with Crippen molar-refractivity contribution in [2.45, 2.75) is 25.9 Å². The van der Waals surface area contributed by atoms with Crippen LogP contribution in [0.1, 0.15) is 24.0 Å². The summed E-state index contributed by atoms with van der Waals surface area (Å²) in [5, 5.41) is 16.2. The van der Waals surface area contributed by atoms with E-state index in [0.29, 0.717) is 6.61 Å². The molecule has 1 atom stereocenters. The molecular weight excluding hydrogens is 483 g/mol. The number of halogens is 1. The van der Waals surface area contributed by atoms with Crippen LogP contribution in [-0.4, -0.2) is 75.7 Å². The third-order valence-corrected chi connectivity index (χ3v) is 5.64. The molecule has 0 aliphatic carbocycles. The number of hydrogen-bond acceptors (Lipinski definition) is 5. The molecule has 2 aliphatic heterocycles. The molecule has 2 fully saturated rings. The highest BCUT2D eigenvalue weighted by atomic mass is 127. The Kier molecular flexibility index (Phi) is 10.6. The third kappa shape index (κ3) is 7.67. The van der Waals surface area contributed by atoms with Crippen LogP contribution in [0.3, 0.4) is 0 Å². The summed E-state index contributed by atoms with van der Waals surface area (Å²) >= 11 is 0. The maximum atomic E-state index is 9.37. The second kappa shape index (κ2) is 12.7. The molecule has 164 valence electrons. The number of nitrogens with zero attached hydrogens (tertiary/aromatic N) is 2.